The van der Waals surface area contributed by atoms with Crippen LogP contribution in [0.3, 0.4) is 0 Å². The number of nitrogens with one attached hydrogen (secondary N) is 1. The Morgan fingerprint density at radius 1 is 1.17 bits per heavy atom. The zero-order valence-electron chi connectivity index (χ0n) is 10.3. The van der Waals surface area contributed by atoms with Crippen LogP contribution in [-0.2, 0) is 6.54 Å². The molecule has 8 heteroatoms. The molecule has 0 radical (unpaired) electrons. The smallest absolute Gasteiger partial charge is 0.324 e. The fraction of sp³-hybridized carbons (Fsp3) is 0.400. The Kier molecular flexibility index (Phi) is 3.56. The van der Waals surface area contributed by atoms with Gasteiger partial charge in [0.2, 0.25) is 5.95 Å². The topological polar surface area (TPSA) is 95.2 Å². The Morgan fingerprint density at radius 2 is 1.83 bits per heavy atom. The molecule has 2 aromatic rings. The van der Waals surface area contributed by atoms with Crippen LogP contribution >= 0.6 is 0 Å². The summed E-state index contributed by atoms with van der Waals surface area (Å²) in [5, 5.41) is 6.75. The maximum Gasteiger partial charge on any atom is 0.324 e. The minimum atomic E-state index is 0.179. The fourth-order valence-corrected chi connectivity index (χ4v) is 1.27. The van der Waals surface area contributed by atoms with Gasteiger partial charge in [-0.05, 0) is 6.92 Å². The number of ether oxygens (including phenoxy) is 2. The number of rotatable bonds is 5. The molecule has 1 N–H and O–H groups in total. The van der Waals surface area contributed by atoms with Crippen molar-refractivity contribution >= 4 is 5.95 Å². The summed E-state index contributed by atoms with van der Waals surface area (Å²) < 4.78 is 14.9. The molecule has 0 unspecified atom stereocenters. The predicted molar refractivity (Wildman–Crippen MR) is 61.5 cm³/mol. The normalized spacial score (nSPS) is 10.2. The average Bonchev–Trinajstić information content (AvgIpc) is 2.81. The highest BCUT2D eigenvalue weighted by Crippen LogP contribution is 2.13. The second kappa shape index (κ2) is 5.30. The summed E-state index contributed by atoms with van der Waals surface area (Å²) in [4.78, 5) is 11.9. The highest BCUT2D eigenvalue weighted by atomic mass is 16.5. The van der Waals surface area contributed by atoms with Crippen molar-refractivity contribution in [2.45, 2.75) is 13.5 Å². The molecule has 0 aliphatic heterocycles. The Morgan fingerprint density at radius 3 is 2.33 bits per heavy atom. The van der Waals surface area contributed by atoms with Crippen molar-refractivity contribution < 1.29 is 14.0 Å². The summed E-state index contributed by atoms with van der Waals surface area (Å²) in [6.45, 7) is 2.26. The Balaban J connectivity index is 2.08. The minimum absolute atomic E-state index is 0.179. The molecule has 0 aromatic carbocycles. The van der Waals surface area contributed by atoms with E-state index in [-0.39, 0.29) is 12.0 Å². The third-order valence-corrected chi connectivity index (χ3v) is 2.06. The fourth-order valence-electron chi connectivity index (χ4n) is 1.27. The summed E-state index contributed by atoms with van der Waals surface area (Å²) in [5.74, 6) is 1.03. The van der Waals surface area contributed by atoms with Crippen LogP contribution in [0, 0.1) is 6.92 Å². The van der Waals surface area contributed by atoms with E-state index >= 15 is 0 Å². The van der Waals surface area contributed by atoms with Crippen LogP contribution < -0.4 is 14.8 Å². The lowest BCUT2D eigenvalue weighted by atomic mass is 10.4. The second-order valence-corrected chi connectivity index (χ2v) is 3.42. The van der Waals surface area contributed by atoms with Gasteiger partial charge in [-0.15, -0.1) is 4.98 Å². The van der Waals surface area contributed by atoms with Crippen LogP contribution in [0.1, 0.15) is 11.5 Å². The first-order valence-corrected chi connectivity index (χ1v) is 5.21. The molecule has 0 saturated heterocycles. The molecule has 0 aliphatic rings. The highest BCUT2D eigenvalue weighted by molar-refractivity contribution is 5.28. The number of aromatic nitrogens is 4. The van der Waals surface area contributed by atoms with E-state index in [2.05, 4.69) is 25.4 Å². The van der Waals surface area contributed by atoms with E-state index in [4.69, 9.17) is 14.0 Å². The quantitative estimate of drug-likeness (QED) is 0.833. The van der Waals surface area contributed by atoms with Gasteiger partial charge in [-0.2, -0.15) is 9.97 Å². The van der Waals surface area contributed by atoms with Crippen LogP contribution in [0.2, 0.25) is 0 Å². The predicted octanol–water partition coefficient (Wildman–Crippen LogP) is 0.797. The largest absolute Gasteiger partial charge is 0.467 e. The van der Waals surface area contributed by atoms with Crippen LogP contribution in [0.15, 0.2) is 10.6 Å². The molecule has 8 nitrogen and oxygen atoms in total. The van der Waals surface area contributed by atoms with E-state index in [1.54, 1.807) is 0 Å². The summed E-state index contributed by atoms with van der Waals surface area (Å²) in [6.07, 6.45) is 0. The van der Waals surface area contributed by atoms with Gasteiger partial charge >= 0.3 is 12.0 Å². The third-order valence-electron chi connectivity index (χ3n) is 2.06. The van der Waals surface area contributed by atoms with E-state index in [0.29, 0.717) is 18.3 Å². The lowest BCUT2D eigenvalue weighted by molar-refractivity contribution is 0.340. The summed E-state index contributed by atoms with van der Waals surface area (Å²) in [7, 11) is 2.94. The van der Waals surface area contributed by atoms with Crippen molar-refractivity contribution in [2.75, 3.05) is 19.5 Å². The lowest BCUT2D eigenvalue weighted by Crippen LogP contribution is -2.06. The highest BCUT2D eigenvalue weighted by Gasteiger charge is 2.08. The van der Waals surface area contributed by atoms with Crippen LogP contribution in [0.4, 0.5) is 5.95 Å². The number of nitrogens with zero attached hydrogens (tertiary/aromatic N) is 4. The first-order valence-electron chi connectivity index (χ1n) is 5.21. The molecular weight excluding hydrogens is 238 g/mol. The first-order chi connectivity index (χ1) is 8.71. The van der Waals surface area contributed by atoms with Crippen LogP contribution in [0.25, 0.3) is 0 Å². The van der Waals surface area contributed by atoms with Crippen molar-refractivity contribution in [1.29, 1.82) is 0 Å². The van der Waals surface area contributed by atoms with Gasteiger partial charge in [-0.3, -0.25) is 0 Å². The lowest BCUT2D eigenvalue weighted by Gasteiger charge is -2.05. The maximum atomic E-state index is 5.05. The summed E-state index contributed by atoms with van der Waals surface area (Å²) in [6, 6.07) is 2.18. The monoisotopic (exact) mass is 251 g/mol. The molecule has 2 aromatic heterocycles. The molecule has 18 heavy (non-hydrogen) atoms. The van der Waals surface area contributed by atoms with Crippen molar-refractivity contribution in [3.8, 4) is 12.0 Å². The molecule has 2 heterocycles. The third kappa shape index (κ3) is 2.84. The Bertz CT molecular complexity index is 506. The van der Waals surface area contributed by atoms with Gasteiger partial charge in [0.15, 0.2) is 5.76 Å². The van der Waals surface area contributed by atoms with Gasteiger partial charge in [0.1, 0.15) is 0 Å². The first kappa shape index (κ1) is 12.1. The molecule has 0 spiro atoms. The van der Waals surface area contributed by atoms with Gasteiger partial charge in [0.25, 0.3) is 0 Å². The van der Waals surface area contributed by atoms with Crippen molar-refractivity contribution in [3.05, 3.63) is 17.5 Å². The van der Waals surface area contributed by atoms with E-state index in [1.807, 2.05) is 13.0 Å². The molecular formula is C10H13N5O3. The van der Waals surface area contributed by atoms with E-state index in [1.165, 1.54) is 14.2 Å². The zero-order valence-corrected chi connectivity index (χ0v) is 10.3. The second-order valence-electron chi connectivity index (χ2n) is 3.42. The van der Waals surface area contributed by atoms with Crippen LogP contribution in [0.5, 0.6) is 12.0 Å². The van der Waals surface area contributed by atoms with E-state index in [0.717, 1.165) is 5.69 Å². The van der Waals surface area contributed by atoms with Gasteiger partial charge in [-0.1, -0.05) is 5.16 Å². The van der Waals surface area contributed by atoms with Gasteiger partial charge in [0, 0.05) is 6.07 Å². The van der Waals surface area contributed by atoms with Crippen molar-refractivity contribution in [3.63, 3.8) is 0 Å². The molecule has 0 amide bonds. The van der Waals surface area contributed by atoms with Crippen LogP contribution in [-0.4, -0.2) is 34.3 Å². The Hall–Kier alpha value is -2.38. The molecule has 0 atom stereocenters. The molecule has 2 rings (SSSR count). The number of anilines is 1. The van der Waals surface area contributed by atoms with E-state index in [9.17, 15) is 0 Å². The number of aryl methyl sites for hydroxylation is 1. The Labute approximate surface area is 103 Å². The minimum Gasteiger partial charge on any atom is -0.467 e. The average molecular weight is 251 g/mol. The van der Waals surface area contributed by atoms with E-state index < -0.39 is 0 Å². The number of methoxy groups -OCH3 is 2. The standard InChI is InChI=1S/C10H13N5O3/c1-6-4-7(18-15-6)5-11-8-12-9(16-2)14-10(13-8)17-3/h4H,5H2,1-3H3,(H,11,12,13,14). The number of hydrogen-bond acceptors (Lipinski definition) is 8. The molecule has 96 valence electrons. The summed E-state index contributed by atoms with van der Waals surface area (Å²) in [5.41, 5.74) is 0.817. The van der Waals surface area contributed by atoms with Gasteiger partial charge < -0.3 is 19.3 Å². The molecule has 0 bridgehead atoms. The van der Waals surface area contributed by atoms with Crippen molar-refractivity contribution in [2.24, 2.45) is 0 Å². The molecule has 0 aliphatic carbocycles. The summed E-state index contributed by atoms with van der Waals surface area (Å²) >= 11 is 0. The maximum absolute atomic E-state index is 5.05. The zero-order chi connectivity index (χ0) is 13.0. The molecule has 0 saturated carbocycles. The molecule has 0 fully saturated rings. The SMILES string of the molecule is COc1nc(NCc2cc(C)no2)nc(OC)n1. The van der Waals surface area contributed by atoms with Crippen molar-refractivity contribution in [1.82, 2.24) is 20.1 Å². The van der Waals surface area contributed by atoms with Gasteiger partial charge in [-0.25, -0.2) is 0 Å². The number of hydrogen-bond donors (Lipinski definition) is 1. The van der Waals surface area contributed by atoms with Gasteiger partial charge in [0.05, 0.1) is 26.5 Å².